The number of aliphatic hydroxyl groups excluding tert-OH is 1. The summed E-state index contributed by atoms with van der Waals surface area (Å²) in [4.78, 5) is 9.02. The van der Waals surface area contributed by atoms with Gasteiger partial charge < -0.3 is 35.7 Å². The maximum absolute atomic E-state index is 8.83. The molecule has 9 nitrogen and oxygen atoms in total. The lowest BCUT2D eigenvalue weighted by Gasteiger charge is -2.22. The summed E-state index contributed by atoms with van der Waals surface area (Å²) in [6.45, 7) is 9.97. The van der Waals surface area contributed by atoms with Crippen molar-refractivity contribution in [2.24, 2.45) is 0 Å². The summed E-state index contributed by atoms with van der Waals surface area (Å²) in [5.74, 6) is 2.56. The Bertz CT molecular complexity index is 912. The lowest BCUT2D eigenvalue weighted by atomic mass is 10.0. The number of ether oxygens (including phenoxy) is 3. The summed E-state index contributed by atoms with van der Waals surface area (Å²) in [6, 6.07) is 6.16. The van der Waals surface area contributed by atoms with Crippen molar-refractivity contribution in [2.75, 3.05) is 57.7 Å². The molecule has 0 aliphatic rings. The van der Waals surface area contributed by atoms with E-state index in [9.17, 15) is 0 Å². The molecule has 2 aromatic rings. The van der Waals surface area contributed by atoms with E-state index >= 15 is 0 Å². The summed E-state index contributed by atoms with van der Waals surface area (Å²) >= 11 is 0. The second-order valence-electron chi connectivity index (χ2n) is 9.20. The highest BCUT2D eigenvalue weighted by Crippen LogP contribution is 2.30. The Balaban J connectivity index is 2.12. The summed E-state index contributed by atoms with van der Waals surface area (Å²) in [6.07, 6.45) is 6.67. The SMILES string of the molecule is CCCCOCC[C@H](CCC)Nc1nc(N)nc(C)c1Cc1ccc(OCCCNCCO)cc1OC. The quantitative estimate of drug-likeness (QED) is 0.192. The van der Waals surface area contributed by atoms with Crippen LogP contribution >= 0.6 is 0 Å². The van der Waals surface area contributed by atoms with Gasteiger partial charge in [-0.2, -0.15) is 4.98 Å². The van der Waals surface area contributed by atoms with E-state index in [-0.39, 0.29) is 18.6 Å². The topological polar surface area (TPSA) is 124 Å². The molecule has 0 radical (unpaired) electrons. The van der Waals surface area contributed by atoms with Crippen molar-refractivity contribution in [1.29, 1.82) is 0 Å². The molecule has 0 bridgehead atoms. The van der Waals surface area contributed by atoms with Crippen LogP contribution in [-0.4, -0.2) is 67.7 Å². The maximum Gasteiger partial charge on any atom is 0.222 e. The summed E-state index contributed by atoms with van der Waals surface area (Å²) in [5, 5.41) is 15.6. The second kappa shape index (κ2) is 17.8. The van der Waals surface area contributed by atoms with Crippen molar-refractivity contribution < 1.29 is 19.3 Å². The molecule has 0 amide bonds. The van der Waals surface area contributed by atoms with E-state index in [1.807, 2.05) is 25.1 Å². The summed E-state index contributed by atoms with van der Waals surface area (Å²) in [5.41, 5.74) is 8.92. The predicted octanol–water partition coefficient (Wildman–Crippen LogP) is 4.10. The highest BCUT2D eigenvalue weighted by atomic mass is 16.5. The van der Waals surface area contributed by atoms with Crippen LogP contribution in [0.1, 0.15) is 69.2 Å². The molecule has 5 N–H and O–H groups in total. The number of hydrogen-bond donors (Lipinski definition) is 4. The Hall–Kier alpha value is -2.62. The molecule has 1 aromatic heterocycles. The highest BCUT2D eigenvalue weighted by molar-refractivity contribution is 5.54. The third-order valence-corrected chi connectivity index (χ3v) is 6.14. The molecule has 0 aliphatic heterocycles. The lowest BCUT2D eigenvalue weighted by molar-refractivity contribution is 0.125. The van der Waals surface area contributed by atoms with Crippen LogP contribution in [0.25, 0.3) is 0 Å². The van der Waals surface area contributed by atoms with Crippen molar-refractivity contribution in [3.8, 4) is 11.5 Å². The van der Waals surface area contributed by atoms with Gasteiger partial charge in [0.05, 0.1) is 20.3 Å². The fraction of sp³-hybridized carbons (Fsp3) is 0.643. The number of nitrogens with two attached hydrogens (primary N) is 1. The van der Waals surface area contributed by atoms with Crippen molar-refractivity contribution in [3.63, 3.8) is 0 Å². The number of nitrogens with zero attached hydrogens (tertiary/aromatic N) is 2. The molecule has 0 saturated heterocycles. The maximum atomic E-state index is 8.83. The molecular weight excluding hydrogens is 470 g/mol. The molecule has 2 rings (SSSR count). The molecule has 0 spiro atoms. The van der Waals surface area contributed by atoms with Gasteiger partial charge in [0.15, 0.2) is 0 Å². The molecule has 0 fully saturated rings. The van der Waals surface area contributed by atoms with Gasteiger partial charge >= 0.3 is 0 Å². The second-order valence-corrected chi connectivity index (χ2v) is 9.20. The van der Waals surface area contributed by atoms with Gasteiger partial charge in [-0.15, -0.1) is 0 Å². The van der Waals surface area contributed by atoms with E-state index in [0.717, 1.165) is 92.4 Å². The summed E-state index contributed by atoms with van der Waals surface area (Å²) in [7, 11) is 1.67. The van der Waals surface area contributed by atoms with Gasteiger partial charge in [0.2, 0.25) is 5.95 Å². The smallest absolute Gasteiger partial charge is 0.222 e. The molecule has 0 unspecified atom stereocenters. The average Bonchev–Trinajstić information content (AvgIpc) is 2.88. The van der Waals surface area contributed by atoms with E-state index in [1.165, 1.54) is 0 Å². The van der Waals surface area contributed by atoms with E-state index in [0.29, 0.717) is 19.6 Å². The fourth-order valence-corrected chi connectivity index (χ4v) is 4.10. The Kier molecular flexibility index (Phi) is 14.7. The van der Waals surface area contributed by atoms with Gasteiger partial charge in [-0.25, -0.2) is 4.98 Å². The lowest BCUT2D eigenvalue weighted by Crippen LogP contribution is -2.24. The van der Waals surface area contributed by atoms with Crippen LogP contribution in [0, 0.1) is 6.92 Å². The molecule has 1 aromatic carbocycles. The van der Waals surface area contributed by atoms with Gasteiger partial charge in [0, 0.05) is 49.5 Å². The molecular formula is C28H47N5O4. The van der Waals surface area contributed by atoms with Gasteiger partial charge in [-0.05, 0) is 50.8 Å². The Labute approximate surface area is 222 Å². The largest absolute Gasteiger partial charge is 0.496 e. The first-order chi connectivity index (χ1) is 18.0. The van der Waals surface area contributed by atoms with Gasteiger partial charge in [-0.3, -0.25) is 0 Å². The molecule has 0 saturated carbocycles. The number of aromatic nitrogens is 2. The number of unbranched alkanes of at least 4 members (excludes halogenated alkanes) is 1. The first kappa shape index (κ1) is 30.6. The first-order valence-corrected chi connectivity index (χ1v) is 13.6. The standard InChI is InChI=1S/C28H47N5O4/c1-5-7-16-36-18-12-23(9-6-2)32-27-25(21(3)31-28(29)33-27)19-22-10-11-24(20-26(22)35-4)37-17-8-13-30-14-15-34/h10-11,20,23,30,34H,5-9,12-19H2,1-4H3,(H3,29,31,32,33)/t23-/m0/s1. The normalized spacial score (nSPS) is 11.9. The van der Waals surface area contributed by atoms with E-state index in [4.69, 9.17) is 25.1 Å². The third-order valence-electron chi connectivity index (χ3n) is 6.14. The van der Waals surface area contributed by atoms with Crippen molar-refractivity contribution in [1.82, 2.24) is 15.3 Å². The average molecular weight is 518 g/mol. The van der Waals surface area contributed by atoms with Crippen LogP contribution in [0.5, 0.6) is 11.5 Å². The number of rotatable bonds is 20. The minimum atomic E-state index is 0.141. The number of nitrogens with one attached hydrogen (secondary N) is 2. The molecule has 37 heavy (non-hydrogen) atoms. The van der Waals surface area contributed by atoms with E-state index in [2.05, 4.69) is 34.4 Å². The zero-order chi connectivity index (χ0) is 26.9. The number of aliphatic hydroxyl groups is 1. The van der Waals surface area contributed by atoms with Crippen LogP contribution in [0.2, 0.25) is 0 Å². The fourth-order valence-electron chi connectivity index (χ4n) is 4.10. The zero-order valence-electron chi connectivity index (χ0n) is 23.1. The monoisotopic (exact) mass is 517 g/mol. The zero-order valence-corrected chi connectivity index (χ0v) is 23.1. The van der Waals surface area contributed by atoms with E-state index in [1.54, 1.807) is 7.11 Å². The number of methoxy groups -OCH3 is 1. The number of aryl methyl sites for hydroxylation is 1. The minimum absolute atomic E-state index is 0.141. The Morgan fingerprint density at radius 2 is 1.86 bits per heavy atom. The van der Waals surface area contributed by atoms with Crippen molar-refractivity contribution in [3.05, 3.63) is 35.0 Å². The Morgan fingerprint density at radius 3 is 2.59 bits per heavy atom. The molecule has 1 heterocycles. The van der Waals surface area contributed by atoms with Crippen LogP contribution in [0.15, 0.2) is 18.2 Å². The van der Waals surface area contributed by atoms with Crippen molar-refractivity contribution >= 4 is 11.8 Å². The predicted molar refractivity (Wildman–Crippen MR) is 150 cm³/mol. The van der Waals surface area contributed by atoms with Gasteiger partial charge in [-0.1, -0.05) is 32.8 Å². The van der Waals surface area contributed by atoms with E-state index < -0.39 is 0 Å². The highest BCUT2D eigenvalue weighted by Gasteiger charge is 2.18. The van der Waals surface area contributed by atoms with Gasteiger partial charge in [0.25, 0.3) is 0 Å². The van der Waals surface area contributed by atoms with Crippen molar-refractivity contribution in [2.45, 2.75) is 71.8 Å². The molecule has 208 valence electrons. The molecule has 0 aliphatic carbocycles. The van der Waals surface area contributed by atoms with Crippen LogP contribution in [-0.2, 0) is 11.2 Å². The number of hydrogen-bond acceptors (Lipinski definition) is 9. The number of anilines is 2. The van der Waals surface area contributed by atoms with Gasteiger partial charge in [0.1, 0.15) is 17.3 Å². The third kappa shape index (κ3) is 11.1. The minimum Gasteiger partial charge on any atom is -0.496 e. The van der Waals surface area contributed by atoms with Crippen LogP contribution in [0.3, 0.4) is 0 Å². The number of benzene rings is 1. The molecule has 1 atom stereocenters. The number of nitrogen functional groups attached to an aromatic ring is 1. The Morgan fingerprint density at radius 1 is 1.03 bits per heavy atom. The summed E-state index contributed by atoms with van der Waals surface area (Å²) < 4.78 is 17.4. The first-order valence-electron chi connectivity index (χ1n) is 13.6. The molecule has 9 heteroatoms. The van der Waals surface area contributed by atoms with Crippen LogP contribution in [0.4, 0.5) is 11.8 Å². The van der Waals surface area contributed by atoms with Crippen LogP contribution < -0.4 is 25.8 Å².